The van der Waals surface area contributed by atoms with Crippen LogP contribution in [0.1, 0.15) is 24.7 Å². The number of amides is 2. The maximum Gasteiger partial charge on any atom is 0.242 e. The van der Waals surface area contributed by atoms with Crippen LogP contribution in [0, 0.1) is 0 Å². The van der Waals surface area contributed by atoms with Crippen molar-refractivity contribution in [2.24, 2.45) is 0 Å². The molecular weight excluding hydrogens is 382 g/mol. The van der Waals surface area contributed by atoms with Crippen molar-refractivity contribution in [2.75, 3.05) is 45.9 Å². The van der Waals surface area contributed by atoms with E-state index in [0.29, 0.717) is 26.1 Å². The summed E-state index contributed by atoms with van der Waals surface area (Å²) < 4.78 is 10.9. The molecule has 2 aromatic rings. The summed E-state index contributed by atoms with van der Waals surface area (Å²) in [6.45, 7) is 7.59. The van der Waals surface area contributed by atoms with Crippen LogP contribution in [0.25, 0.3) is 0 Å². The topological polar surface area (TPSA) is 67.4 Å². The Morgan fingerprint density at radius 3 is 2.40 bits per heavy atom. The summed E-state index contributed by atoms with van der Waals surface area (Å²) in [5, 5.41) is 0. The summed E-state index contributed by atoms with van der Waals surface area (Å²) in [4.78, 5) is 30.6. The molecule has 1 saturated heterocycles. The van der Waals surface area contributed by atoms with Crippen molar-refractivity contribution in [3.05, 3.63) is 60.1 Å². The zero-order chi connectivity index (χ0) is 21.2. The summed E-state index contributed by atoms with van der Waals surface area (Å²) in [6, 6.07) is 13.6. The van der Waals surface area contributed by atoms with Crippen LogP contribution >= 0.6 is 0 Å². The number of morpholine rings is 1. The van der Waals surface area contributed by atoms with Crippen molar-refractivity contribution in [1.82, 2.24) is 9.80 Å². The molecule has 0 spiro atoms. The van der Waals surface area contributed by atoms with Crippen LogP contribution in [-0.2, 0) is 27.4 Å². The molecule has 1 aliphatic heterocycles. The zero-order valence-electron chi connectivity index (χ0n) is 17.7. The monoisotopic (exact) mass is 414 g/mol. The molecule has 0 saturated carbocycles. The molecule has 7 nitrogen and oxygen atoms in total. The van der Waals surface area contributed by atoms with E-state index in [1.165, 1.54) is 4.90 Å². The Balaban J connectivity index is 1.65. The van der Waals surface area contributed by atoms with Crippen molar-refractivity contribution in [2.45, 2.75) is 26.4 Å². The SMILES string of the molecule is CCC(=O)N(CC[NH+]1CCOCC1)CC(=O)N(Cc1ccccc1)Cc1ccco1. The van der Waals surface area contributed by atoms with Crippen LogP contribution in [0.3, 0.4) is 0 Å². The normalized spacial score (nSPS) is 14.4. The first-order valence-corrected chi connectivity index (χ1v) is 10.7. The second kappa shape index (κ2) is 11.5. The fourth-order valence-electron chi connectivity index (χ4n) is 3.61. The smallest absolute Gasteiger partial charge is 0.242 e. The number of quaternary nitrogens is 1. The molecule has 0 aliphatic carbocycles. The van der Waals surface area contributed by atoms with Gasteiger partial charge in [-0.1, -0.05) is 37.3 Å². The van der Waals surface area contributed by atoms with Gasteiger partial charge in [-0.3, -0.25) is 9.59 Å². The van der Waals surface area contributed by atoms with Crippen LogP contribution in [0.2, 0.25) is 0 Å². The molecule has 3 rings (SSSR count). The molecule has 1 N–H and O–H groups in total. The summed E-state index contributed by atoms with van der Waals surface area (Å²) in [7, 11) is 0. The lowest BCUT2D eigenvalue weighted by molar-refractivity contribution is -0.907. The highest BCUT2D eigenvalue weighted by Gasteiger charge is 2.23. The van der Waals surface area contributed by atoms with Gasteiger partial charge in [0.2, 0.25) is 11.8 Å². The van der Waals surface area contributed by atoms with E-state index < -0.39 is 0 Å². The predicted molar refractivity (Wildman–Crippen MR) is 113 cm³/mol. The summed E-state index contributed by atoms with van der Waals surface area (Å²) >= 11 is 0. The molecule has 162 valence electrons. The maximum absolute atomic E-state index is 13.2. The standard InChI is InChI=1S/C23H31N3O4/c1-2-22(27)25(11-10-24-12-15-29-16-13-24)19-23(28)26(18-21-9-6-14-30-21)17-20-7-4-3-5-8-20/h3-9,14H,2,10-13,15-19H2,1H3/p+1. The fourth-order valence-corrected chi connectivity index (χ4v) is 3.61. The highest BCUT2D eigenvalue weighted by molar-refractivity contribution is 5.84. The number of nitrogens with zero attached hydrogens (tertiary/aromatic N) is 2. The molecule has 1 aromatic carbocycles. The van der Waals surface area contributed by atoms with Gasteiger partial charge in [-0.2, -0.15) is 0 Å². The number of nitrogens with one attached hydrogen (secondary N) is 1. The van der Waals surface area contributed by atoms with E-state index in [0.717, 1.165) is 44.2 Å². The van der Waals surface area contributed by atoms with Gasteiger partial charge in [0.25, 0.3) is 0 Å². The minimum absolute atomic E-state index is 0.00803. The van der Waals surface area contributed by atoms with Crippen molar-refractivity contribution >= 4 is 11.8 Å². The number of hydrogen-bond donors (Lipinski definition) is 1. The Bertz CT molecular complexity index is 773. The van der Waals surface area contributed by atoms with Gasteiger partial charge in [0.05, 0.1) is 45.7 Å². The zero-order valence-corrected chi connectivity index (χ0v) is 17.7. The summed E-state index contributed by atoms with van der Waals surface area (Å²) in [5.74, 6) is 0.660. The van der Waals surface area contributed by atoms with Gasteiger partial charge in [-0.15, -0.1) is 0 Å². The first-order valence-electron chi connectivity index (χ1n) is 10.7. The predicted octanol–water partition coefficient (Wildman–Crippen LogP) is 0.962. The third kappa shape index (κ3) is 6.71. The third-order valence-corrected chi connectivity index (χ3v) is 5.41. The van der Waals surface area contributed by atoms with Crippen molar-refractivity contribution in [3.8, 4) is 0 Å². The number of ether oxygens (including phenoxy) is 1. The molecule has 7 heteroatoms. The van der Waals surface area contributed by atoms with E-state index >= 15 is 0 Å². The molecule has 0 atom stereocenters. The van der Waals surface area contributed by atoms with Gasteiger partial charge >= 0.3 is 0 Å². The van der Waals surface area contributed by atoms with Crippen molar-refractivity contribution in [1.29, 1.82) is 0 Å². The molecule has 1 fully saturated rings. The minimum Gasteiger partial charge on any atom is -0.467 e. The van der Waals surface area contributed by atoms with E-state index in [1.54, 1.807) is 16.1 Å². The lowest BCUT2D eigenvalue weighted by Gasteiger charge is -2.29. The number of hydrogen-bond acceptors (Lipinski definition) is 4. The molecule has 1 aromatic heterocycles. The Morgan fingerprint density at radius 2 is 1.73 bits per heavy atom. The minimum atomic E-state index is -0.0750. The number of carbonyl (C=O) groups is 2. The van der Waals surface area contributed by atoms with E-state index in [2.05, 4.69) is 0 Å². The molecule has 30 heavy (non-hydrogen) atoms. The Hall–Kier alpha value is -2.64. The first-order chi connectivity index (χ1) is 14.7. The molecule has 0 unspecified atom stereocenters. The van der Waals surface area contributed by atoms with Crippen LogP contribution in [-0.4, -0.2) is 67.6 Å². The van der Waals surface area contributed by atoms with Gasteiger partial charge in [0.1, 0.15) is 18.8 Å². The number of carbonyl (C=O) groups excluding carboxylic acids is 2. The average molecular weight is 415 g/mol. The number of benzene rings is 1. The molecular formula is C23H32N3O4+. The van der Waals surface area contributed by atoms with Crippen LogP contribution in [0.5, 0.6) is 0 Å². The van der Waals surface area contributed by atoms with Gasteiger partial charge in [0.15, 0.2) is 0 Å². The molecule has 2 heterocycles. The Kier molecular flexibility index (Phi) is 8.47. The number of rotatable bonds is 10. The first kappa shape index (κ1) is 22.1. The quantitative estimate of drug-likeness (QED) is 0.629. The van der Waals surface area contributed by atoms with E-state index in [4.69, 9.17) is 9.15 Å². The van der Waals surface area contributed by atoms with Gasteiger partial charge < -0.3 is 23.9 Å². The second-order valence-electron chi connectivity index (χ2n) is 7.60. The second-order valence-corrected chi connectivity index (χ2v) is 7.60. The third-order valence-electron chi connectivity index (χ3n) is 5.41. The Labute approximate surface area is 178 Å². The molecule has 0 radical (unpaired) electrons. The van der Waals surface area contributed by atoms with Crippen molar-refractivity contribution < 1.29 is 23.6 Å². The van der Waals surface area contributed by atoms with Crippen LogP contribution in [0.4, 0.5) is 0 Å². The maximum atomic E-state index is 13.2. The van der Waals surface area contributed by atoms with Crippen molar-refractivity contribution in [3.63, 3.8) is 0 Å². The fraction of sp³-hybridized carbons (Fsp3) is 0.478. The highest BCUT2D eigenvalue weighted by atomic mass is 16.5. The summed E-state index contributed by atoms with van der Waals surface area (Å²) in [6.07, 6.45) is 2.00. The molecule has 1 aliphatic rings. The van der Waals surface area contributed by atoms with E-state index in [-0.39, 0.29) is 18.4 Å². The average Bonchev–Trinajstić information content (AvgIpc) is 3.30. The summed E-state index contributed by atoms with van der Waals surface area (Å²) in [5.41, 5.74) is 1.04. The number of furan rings is 1. The van der Waals surface area contributed by atoms with Gasteiger partial charge in [-0.05, 0) is 17.7 Å². The lowest BCUT2D eigenvalue weighted by Crippen LogP contribution is -3.14. The molecule has 0 bridgehead atoms. The molecule has 2 amide bonds. The van der Waals surface area contributed by atoms with Gasteiger partial charge in [-0.25, -0.2) is 0 Å². The van der Waals surface area contributed by atoms with E-state index in [1.807, 2.05) is 49.4 Å². The van der Waals surface area contributed by atoms with Crippen LogP contribution in [0.15, 0.2) is 53.1 Å². The largest absolute Gasteiger partial charge is 0.467 e. The lowest BCUT2D eigenvalue weighted by atomic mass is 10.2. The Morgan fingerprint density at radius 1 is 0.967 bits per heavy atom. The van der Waals surface area contributed by atoms with E-state index in [9.17, 15) is 9.59 Å². The highest BCUT2D eigenvalue weighted by Crippen LogP contribution is 2.12. The van der Waals surface area contributed by atoms with Crippen LogP contribution < -0.4 is 4.90 Å². The van der Waals surface area contributed by atoms with Gasteiger partial charge in [0, 0.05) is 13.0 Å².